The summed E-state index contributed by atoms with van der Waals surface area (Å²) in [5, 5.41) is 2.67. The molecular weight excluding hydrogens is 311 g/mol. The van der Waals surface area contributed by atoms with Crippen LogP contribution in [0.25, 0.3) is 11.2 Å². The van der Waals surface area contributed by atoms with Crippen molar-refractivity contribution in [2.75, 3.05) is 16.8 Å². The summed E-state index contributed by atoms with van der Waals surface area (Å²) in [6.07, 6.45) is 4.52. The monoisotopic (exact) mass is 326 g/mol. The molecule has 0 aliphatic carbocycles. The number of carbonyl (C=O) groups is 1. The van der Waals surface area contributed by atoms with Crippen molar-refractivity contribution in [3.8, 4) is 0 Å². The lowest BCUT2D eigenvalue weighted by atomic mass is 10.2. The van der Waals surface area contributed by atoms with Crippen molar-refractivity contribution in [3.63, 3.8) is 0 Å². The highest BCUT2D eigenvalue weighted by atomic mass is 19.1. The molecule has 0 bridgehead atoms. The summed E-state index contributed by atoms with van der Waals surface area (Å²) in [4.78, 5) is 30.1. The van der Waals surface area contributed by atoms with Crippen LogP contribution in [0.1, 0.15) is 12.8 Å². The predicted molar refractivity (Wildman–Crippen MR) is 87.1 cm³/mol. The highest BCUT2D eigenvalue weighted by Gasteiger charge is 2.33. The molecule has 2 N–H and O–H groups in total. The molecule has 1 atom stereocenters. The Balaban J connectivity index is 1.62. The zero-order valence-corrected chi connectivity index (χ0v) is 12.7. The number of nitrogens with one attached hydrogen (secondary N) is 2. The lowest BCUT2D eigenvalue weighted by Gasteiger charge is -2.25. The molecule has 1 aromatic carbocycles. The van der Waals surface area contributed by atoms with Crippen molar-refractivity contribution >= 4 is 28.6 Å². The molecular formula is C16H15FN6O. The van der Waals surface area contributed by atoms with Crippen LogP contribution in [-0.2, 0) is 4.79 Å². The van der Waals surface area contributed by atoms with Gasteiger partial charge in [0.1, 0.15) is 23.7 Å². The maximum absolute atomic E-state index is 13.8. The molecule has 1 aliphatic rings. The van der Waals surface area contributed by atoms with Crippen LogP contribution in [0.4, 0.5) is 15.9 Å². The number of fused-ring (bicyclic) bond motifs is 1. The first kappa shape index (κ1) is 14.6. The molecule has 1 amide bonds. The summed E-state index contributed by atoms with van der Waals surface area (Å²) < 4.78 is 13.8. The fourth-order valence-electron chi connectivity index (χ4n) is 3.04. The average Bonchev–Trinajstić information content (AvgIpc) is 3.25. The van der Waals surface area contributed by atoms with Gasteiger partial charge in [0.25, 0.3) is 0 Å². The second kappa shape index (κ2) is 5.88. The molecule has 1 aliphatic heterocycles. The highest BCUT2D eigenvalue weighted by Crippen LogP contribution is 2.28. The summed E-state index contributed by atoms with van der Waals surface area (Å²) in [6.45, 7) is 0.695. The van der Waals surface area contributed by atoms with Crippen molar-refractivity contribution in [3.05, 3.63) is 42.7 Å². The molecule has 3 heterocycles. The van der Waals surface area contributed by atoms with Crippen LogP contribution in [-0.4, -0.2) is 38.4 Å². The third kappa shape index (κ3) is 2.45. The molecule has 7 nitrogen and oxygen atoms in total. The molecule has 1 saturated heterocycles. The van der Waals surface area contributed by atoms with Crippen LogP contribution < -0.4 is 10.2 Å². The zero-order valence-electron chi connectivity index (χ0n) is 12.7. The predicted octanol–water partition coefficient (Wildman–Crippen LogP) is 2.10. The first-order valence-electron chi connectivity index (χ1n) is 7.70. The van der Waals surface area contributed by atoms with E-state index in [1.54, 1.807) is 24.5 Å². The number of H-pyrrole nitrogens is 1. The number of para-hydroxylation sites is 1. The van der Waals surface area contributed by atoms with Gasteiger partial charge >= 0.3 is 0 Å². The van der Waals surface area contributed by atoms with Gasteiger partial charge in [-0.25, -0.2) is 19.3 Å². The Morgan fingerprint density at radius 1 is 1.29 bits per heavy atom. The van der Waals surface area contributed by atoms with E-state index in [4.69, 9.17) is 0 Å². The van der Waals surface area contributed by atoms with E-state index >= 15 is 0 Å². The minimum Gasteiger partial charge on any atom is -0.343 e. The first-order chi connectivity index (χ1) is 11.7. The third-order valence-corrected chi connectivity index (χ3v) is 4.16. The fraction of sp³-hybridized carbons (Fsp3) is 0.250. The first-order valence-corrected chi connectivity index (χ1v) is 7.70. The summed E-state index contributed by atoms with van der Waals surface area (Å²) in [6, 6.07) is 5.73. The van der Waals surface area contributed by atoms with E-state index in [0.29, 0.717) is 29.9 Å². The van der Waals surface area contributed by atoms with Crippen molar-refractivity contribution < 1.29 is 9.18 Å². The second-order valence-corrected chi connectivity index (χ2v) is 5.62. The number of hydrogen-bond acceptors (Lipinski definition) is 5. The van der Waals surface area contributed by atoms with Gasteiger partial charge in [0.15, 0.2) is 11.5 Å². The molecule has 1 unspecified atom stereocenters. The van der Waals surface area contributed by atoms with Crippen molar-refractivity contribution in [2.45, 2.75) is 18.9 Å². The van der Waals surface area contributed by atoms with Gasteiger partial charge < -0.3 is 15.2 Å². The fourth-order valence-corrected chi connectivity index (χ4v) is 3.04. The second-order valence-electron chi connectivity index (χ2n) is 5.62. The highest BCUT2D eigenvalue weighted by molar-refractivity contribution is 5.98. The van der Waals surface area contributed by atoms with Crippen molar-refractivity contribution in [1.29, 1.82) is 0 Å². The quantitative estimate of drug-likeness (QED) is 0.770. The number of imidazole rings is 1. The van der Waals surface area contributed by atoms with Crippen molar-refractivity contribution in [2.24, 2.45) is 0 Å². The zero-order chi connectivity index (χ0) is 16.5. The van der Waals surface area contributed by atoms with E-state index in [1.807, 2.05) is 4.90 Å². The van der Waals surface area contributed by atoms with Crippen LogP contribution in [0, 0.1) is 5.82 Å². The topological polar surface area (TPSA) is 86.8 Å². The lowest BCUT2D eigenvalue weighted by molar-refractivity contribution is -0.117. The Kier molecular flexibility index (Phi) is 3.56. The number of benzene rings is 1. The minimum atomic E-state index is -0.451. The normalized spacial score (nSPS) is 17.4. The van der Waals surface area contributed by atoms with Crippen LogP contribution in [0.15, 0.2) is 36.9 Å². The number of aromatic nitrogens is 4. The van der Waals surface area contributed by atoms with E-state index in [0.717, 1.165) is 6.42 Å². The van der Waals surface area contributed by atoms with Crippen molar-refractivity contribution in [1.82, 2.24) is 19.9 Å². The molecule has 2 aromatic heterocycles. The van der Waals surface area contributed by atoms with E-state index in [1.165, 1.54) is 12.4 Å². The minimum absolute atomic E-state index is 0.184. The van der Waals surface area contributed by atoms with E-state index in [2.05, 4.69) is 25.3 Å². The number of aromatic amines is 1. The maximum atomic E-state index is 13.8. The van der Waals surface area contributed by atoms with E-state index in [9.17, 15) is 9.18 Å². The number of hydrogen-bond donors (Lipinski definition) is 2. The van der Waals surface area contributed by atoms with Crippen LogP contribution in [0.5, 0.6) is 0 Å². The van der Waals surface area contributed by atoms with Gasteiger partial charge in [-0.3, -0.25) is 4.79 Å². The number of amides is 1. The number of halogens is 1. The van der Waals surface area contributed by atoms with E-state index < -0.39 is 11.9 Å². The van der Waals surface area contributed by atoms with Gasteiger partial charge in [0.05, 0.1) is 12.0 Å². The van der Waals surface area contributed by atoms with E-state index in [-0.39, 0.29) is 11.6 Å². The summed E-state index contributed by atoms with van der Waals surface area (Å²) >= 11 is 0. The number of nitrogens with zero attached hydrogens (tertiary/aromatic N) is 4. The molecule has 0 saturated carbocycles. The molecule has 4 rings (SSSR count). The van der Waals surface area contributed by atoms with Gasteiger partial charge in [0, 0.05) is 6.54 Å². The van der Waals surface area contributed by atoms with Gasteiger partial charge in [-0.15, -0.1) is 0 Å². The summed E-state index contributed by atoms with van der Waals surface area (Å²) in [7, 11) is 0. The Bertz CT molecular complexity index is 895. The van der Waals surface area contributed by atoms with Gasteiger partial charge in [-0.2, -0.15) is 0 Å². The van der Waals surface area contributed by atoms with Crippen LogP contribution >= 0.6 is 0 Å². The smallest absolute Gasteiger partial charge is 0.247 e. The molecule has 1 fully saturated rings. The Labute approximate surface area is 136 Å². The summed E-state index contributed by atoms with van der Waals surface area (Å²) in [5.41, 5.74) is 1.44. The Morgan fingerprint density at radius 3 is 3.04 bits per heavy atom. The van der Waals surface area contributed by atoms with Gasteiger partial charge in [0.2, 0.25) is 5.91 Å². The average molecular weight is 326 g/mol. The molecule has 8 heteroatoms. The third-order valence-electron chi connectivity index (χ3n) is 4.16. The largest absolute Gasteiger partial charge is 0.343 e. The number of rotatable bonds is 3. The Hall–Kier alpha value is -3.03. The standard InChI is InChI=1S/C16H15FN6O/c17-10-4-1-2-5-11(10)22-16(24)12-6-3-7-23(12)15-13-14(19-8-18-13)20-9-21-15/h1-2,4-5,8-9,12H,3,6-7H2,(H,22,24)(H,18,19,20,21). The Morgan fingerprint density at radius 2 is 2.17 bits per heavy atom. The van der Waals surface area contributed by atoms with Gasteiger partial charge in [-0.1, -0.05) is 12.1 Å². The number of carbonyl (C=O) groups excluding carboxylic acids is 1. The molecule has 24 heavy (non-hydrogen) atoms. The lowest BCUT2D eigenvalue weighted by Crippen LogP contribution is -2.40. The molecule has 3 aromatic rings. The van der Waals surface area contributed by atoms with Crippen LogP contribution in [0.2, 0.25) is 0 Å². The maximum Gasteiger partial charge on any atom is 0.247 e. The molecule has 0 radical (unpaired) electrons. The molecule has 122 valence electrons. The van der Waals surface area contributed by atoms with Crippen LogP contribution in [0.3, 0.4) is 0 Å². The summed E-state index contributed by atoms with van der Waals surface area (Å²) in [5.74, 6) is -0.0547. The number of anilines is 2. The molecule has 0 spiro atoms. The SMILES string of the molecule is O=C(Nc1ccccc1F)C1CCCN1c1ncnc2nc[nH]c12. The van der Waals surface area contributed by atoms with Gasteiger partial charge in [-0.05, 0) is 25.0 Å².